The van der Waals surface area contributed by atoms with Crippen molar-refractivity contribution in [2.45, 2.75) is 26.7 Å². The summed E-state index contributed by atoms with van der Waals surface area (Å²) in [4.78, 5) is 8.11. The second kappa shape index (κ2) is 8.43. The Morgan fingerprint density at radius 2 is 1.93 bits per heavy atom. The number of rotatable bonds is 8. The molecule has 0 bridgehead atoms. The van der Waals surface area contributed by atoms with E-state index in [1.165, 1.54) is 12.5 Å². The van der Waals surface area contributed by atoms with Crippen LogP contribution in [0.15, 0.2) is 18.3 Å². The van der Waals surface area contributed by atoms with E-state index in [1.807, 2.05) is 19.1 Å². The molecule has 0 amide bonds. The number of sulfone groups is 1. The van der Waals surface area contributed by atoms with Gasteiger partial charge in [0.2, 0.25) is 5.95 Å². The van der Waals surface area contributed by atoms with Crippen molar-refractivity contribution in [1.29, 1.82) is 0 Å². The number of hydrogen-bond acceptors (Lipinski definition) is 8. The molecule has 0 atom stereocenters. The Balaban J connectivity index is 2.36. The predicted molar refractivity (Wildman–Crippen MR) is 107 cm³/mol. The van der Waals surface area contributed by atoms with E-state index in [2.05, 4.69) is 29.1 Å². The molecule has 2 aromatic rings. The Morgan fingerprint density at radius 1 is 1.22 bits per heavy atom. The maximum Gasteiger partial charge on any atom is 0.222 e. The van der Waals surface area contributed by atoms with Gasteiger partial charge in [0.05, 0.1) is 19.1 Å². The van der Waals surface area contributed by atoms with Crippen LogP contribution in [0.1, 0.15) is 30.9 Å². The average Bonchev–Trinajstić information content (AvgIpc) is 2.56. The first-order valence-corrected chi connectivity index (χ1v) is 10.6. The van der Waals surface area contributed by atoms with Crippen LogP contribution in [-0.2, 0) is 9.84 Å². The molecule has 1 aromatic heterocycles. The number of methoxy groups -OCH3 is 1. The van der Waals surface area contributed by atoms with E-state index in [1.54, 1.807) is 7.11 Å². The van der Waals surface area contributed by atoms with Crippen LogP contribution in [0.2, 0.25) is 0 Å². The number of anilines is 2. The van der Waals surface area contributed by atoms with Gasteiger partial charge in [-0.2, -0.15) is 4.98 Å². The van der Waals surface area contributed by atoms with Crippen LogP contribution in [0.5, 0.6) is 17.2 Å². The Bertz CT molecular complexity index is 914. The van der Waals surface area contributed by atoms with Crippen molar-refractivity contribution < 1.29 is 17.9 Å². The average molecular weight is 394 g/mol. The summed E-state index contributed by atoms with van der Waals surface area (Å²) >= 11 is 0. The number of nitrogens with zero attached hydrogens (tertiary/aromatic N) is 2. The number of nitrogens with two attached hydrogens (primary N) is 1. The highest BCUT2D eigenvalue weighted by atomic mass is 32.2. The van der Waals surface area contributed by atoms with Gasteiger partial charge in [0.25, 0.3) is 0 Å². The predicted octanol–water partition coefficient (Wildman–Crippen LogP) is 2.75. The van der Waals surface area contributed by atoms with Crippen LogP contribution in [0.25, 0.3) is 0 Å². The minimum Gasteiger partial charge on any atom is -0.496 e. The number of aromatic nitrogens is 2. The highest BCUT2D eigenvalue weighted by molar-refractivity contribution is 7.90. The van der Waals surface area contributed by atoms with Gasteiger partial charge in [0.15, 0.2) is 11.6 Å². The summed E-state index contributed by atoms with van der Waals surface area (Å²) in [7, 11) is -1.50. The van der Waals surface area contributed by atoms with Crippen molar-refractivity contribution >= 4 is 21.6 Å². The lowest BCUT2D eigenvalue weighted by Crippen LogP contribution is -2.16. The third kappa shape index (κ3) is 5.72. The molecule has 0 saturated carbocycles. The molecular weight excluding hydrogens is 368 g/mol. The van der Waals surface area contributed by atoms with Gasteiger partial charge in [-0.25, -0.2) is 13.4 Å². The van der Waals surface area contributed by atoms with Crippen molar-refractivity contribution in [2.75, 3.05) is 36.7 Å². The number of nitrogen functional groups attached to an aromatic ring is 1. The summed E-state index contributed by atoms with van der Waals surface area (Å²) in [5, 5.41) is 2.95. The lowest BCUT2D eigenvalue weighted by atomic mass is 9.99. The summed E-state index contributed by atoms with van der Waals surface area (Å²) in [5.74, 6) is 2.26. The third-order valence-corrected chi connectivity index (χ3v) is 4.85. The smallest absolute Gasteiger partial charge is 0.222 e. The molecule has 0 saturated heterocycles. The molecular formula is C18H26N4O4S. The molecule has 1 aromatic carbocycles. The van der Waals surface area contributed by atoms with E-state index in [-0.39, 0.29) is 24.2 Å². The number of nitrogens with one attached hydrogen (secondary N) is 1. The summed E-state index contributed by atoms with van der Waals surface area (Å²) in [5.41, 5.74) is 7.68. The van der Waals surface area contributed by atoms with Crippen molar-refractivity contribution in [3.05, 3.63) is 29.5 Å². The molecule has 0 radical (unpaired) electrons. The minimum atomic E-state index is -3.10. The van der Waals surface area contributed by atoms with Gasteiger partial charge in [-0.15, -0.1) is 0 Å². The normalized spacial score (nSPS) is 11.5. The SMILES string of the molecule is COc1cc(Oc2cnc(N)nc2NCCS(C)(=O)=O)c(C(C)C)cc1C. The third-order valence-electron chi connectivity index (χ3n) is 3.91. The lowest BCUT2D eigenvalue weighted by molar-refractivity contribution is 0.404. The number of ether oxygens (including phenoxy) is 2. The zero-order valence-corrected chi connectivity index (χ0v) is 17.1. The molecule has 2 rings (SSSR count). The van der Waals surface area contributed by atoms with Crippen LogP contribution >= 0.6 is 0 Å². The minimum absolute atomic E-state index is 0.0358. The van der Waals surface area contributed by atoms with E-state index in [4.69, 9.17) is 15.2 Å². The Labute approximate surface area is 160 Å². The first-order valence-electron chi connectivity index (χ1n) is 8.51. The van der Waals surface area contributed by atoms with Crippen molar-refractivity contribution in [3.63, 3.8) is 0 Å². The van der Waals surface area contributed by atoms with Crippen molar-refractivity contribution in [3.8, 4) is 17.2 Å². The first-order chi connectivity index (χ1) is 12.6. The fourth-order valence-corrected chi connectivity index (χ4v) is 2.98. The second-order valence-electron chi connectivity index (χ2n) is 6.61. The maximum atomic E-state index is 11.3. The van der Waals surface area contributed by atoms with Gasteiger partial charge in [0.1, 0.15) is 21.3 Å². The fourth-order valence-electron chi connectivity index (χ4n) is 2.51. The number of hydrogen-bond donors (Lipinski definition) is 2. The molecule has 27 heavy (non-hydrogen) atoms. The molecule has 9 heteroatoms. The molecule has 0 aliphatic heterocycles. The van der Waals surface area contributed by atoms with Gasteiger partial charge < -0.3 is 20.5 Å². The summed E-state index contributed by atoms with van der Waals surface area (Å²) in [6, 6.07) is 3.84. The van der Waals surface area contributed by atoms with Crippen LogP contribution in [0, 0.1) is 6.92 Å². The van der Waals surface area contributed by atoms with Crippen molar-refractivity contribution in [2.24, 2.45) is 0 Å². The summed E-state index contributed by atoms with van der Waals surface area (Å²) in [6.07, 6.45) is 2.63. The molecule has 0 fully saturated rings. The van der Waals surface area contributed by atoms with Gasteiger partial charge in [-0.05, 0) is 30.0 Å². The molecule has 8 nitrogen and oxygen atoms in total. The van der Waals surface area contributed by atoms with Crippen LogP contribution in [0.3, 0.4) is 0 Å². The Hall–Kier alpha value is -2.55. The molecule has 148 valence electrons. The van der Waals surface area contributed by atoms with Gasteiger partial charge in [0, 0.05) is 18.9 Å². The van der Waals surface area contributed by atoms with E-state index >= 15 is 0 Å². The van der Waals surface area contributed by atoms with Crippen LogP contribution < -0.4 is 20.5 Å². The zero-order chi connectivity index (χ0) is 20.2. The fraction of sp³-hybridized carbons (Fsp3) is 0.444. The first kappa shape index (κ1) is 20.8. The summed E-state index contributed by atoms with van der Waals surface area (Å²) < 4.78 is 34.1. The molecule has 0 aliphatic carbocycles. The largest absolute Gasteiger partial charge is 0.496 e. The van der Waals surface area contributed by atoms with E-state index < -0.39 is 9.84 Å². The second-order valence-corrected chi connectivity index (χ2v) is 8.87. The van der Waals surface area contributed by atoms with E-state index in [0.717, 1.165) is 11.1 Å². The molecule has 0 aliphatic rings. The number of aryl methyl sites for hydroxylation is 1. The quantitative estimate of drug-likeness (QED) is 0.702. The zero-order valence-electron chi connectivity index (χ0n) is 16.2. The number of benzene rings is 1. The molecule has 0 unspecified atom stereocenters. The monoisotopic (exact) mass is 394 g/mol. The van der Waals surface area contributed by atoms with Gasteiger partial charge in [-0.1, -0.05) is 13.8 Å². The lowest BCUT2D eigenvalue weighted by Gasteiger charge is -2.18. The molecule has 0 spiro atoms. The highest BCUT2D eigenvalue weighted by Crippen LogP contribution is 2.37. The van der Waals surface area contributed by atoms with E-state index in [9.17, 15) is 8.42 Å². The van der Waals surface area contributed by atoms with Crippen molar-refractivity contribution in [1.82, 2.24) is 9.97 Å². The summed E-state index contributed by atoms with van der Waals surface area (Å²) in [6.45, 7) is 6.29. The highest BCUT2D eigenvalue weighted by Gasteiger charge is 2.16. The molecule has 3 N–H and O–H groups in total. The Morgan fingerprint density at radius 3 is 2.52 bits per heavy atom. The maximum absolute atomic E-state index is 11.3. The standard InChI is InChI=1S/C18H26N4O4S/c1-11(2)13-8-12(3)14(25-4)9-15(13)26-16-10-21-18(19)22-17(16)20-6-7-27(5,23)24/h8-11H,6-7H2,1-5H3,(H3,19,20,21,22). The van der Waals surface area contributed by atoms with Gasteiger partial charge >= 0.3 is 0 Å². The topological polar surface area (TPSA) is 116 Å². The van der Waals surface area contributed by atoms with Crippen LogP contribution in [-0.4, -0.2) is 44.0 Å². The van der Waals surface area contributed by atoms with Crippen LogP contribution in [0.4, 0.5) is 11.8 Å². The van der Waals surface area contributed by atoms with Gasteiger partial charge in [-0.3, -0.25) is 0 Å². The Kier molecular flexibility index (Phi) is 6.48. The van der Waals surface area contributed by atoms with E-state index in [0.29, 0.717) is 23.1 Å². The molecule has 1 heterocycles.